The molecule has 1 unspecified atom stereocenters. The Kier molecular flexibility index (Phi) is 47.9. The third-order valence-corrected chi connectivity index (χ3v) is 10.9. The van der Waals surface area contributed by atoms with Gasteiger partial charge in [-0.15, -0.1) is 0 Å². The van der Waals surface area contributed by atoms with Crippen molar-refractivity contribution in [3.63, 3.8) is 0 Å². The Bertz CT molecular complexity index is 1180. The number of esters is 3. The zero-order valence-electron chi connectivity index (χ0n) is 40.6. The van der Waals surface area contributed by atoms with Gasteiger partial charge in [-0.05, 0) is 83.5 Å². The van der Waals surface area contributed by atoms with Gasteiger partial charge in [-0.3, -0.25) is 14.4 Å². The minimum Gasteiger partial charge on any atom is -0.462 e. The van der Waals surface area contributed by atoms with Gasteiger partial charge in [0.1, 0.15) is 13.2 Å². The summed E-state index contributed by atoms with van der Waals surface area (Å²) in [4.78, 5) is 37.9. The lowest BCUT2D eigenvalue weighted by Gasteiger charge is -2.18. The Morgan fingerprint density at radius 3 is 1.03 bits per heavy atom. The number of carbonyl (C=O) groups excluding carboxylic acids is 3. The number of carbonyl (C=O) groups is 3. The molecule has 0 radical (unpaired) electrons. The van der Waals surface area contributed by atoms with E-state index in [1.54, 1.807) is 0 Å². The van der Waals surface area contributed by atoms with Gasteiger partial charge in [0.15, 0.2) is 6.10 Å². The Morgan fingerprint density at radius 2 is 0.645 bits per heavy atom. The van der Waals surface area contributed by atoms with Crippen LogP contribution in [0.2, 0.25) is 0 Å². The van der Waals surface area contributed by atoms with E-state index in [1.165, 1.54) is 89.9 Å². The molecule has 6 nitrogen and oxygen atoms in total. The van der Waals surface area contributed by atoms with Gasteiger partial charge in [0.25, 0.3) is 0 Å². The topological polar surface area (TPSA) is 78.9 Å². The molecule has 0 saturated carbocycles. The van der Waals surface area contributed by atoms with Crippen molar-refractivity contribution in [2.45, 2.75) is 252 Å². The molecule has 6 heteroatoms. The van der Waals surface area contributed by atoms with Gasteiger partial charge in [-0.1, -0.05) is 216 Å². The van der Waals surface area contributed by atoms with Crippen molar-refractivity contribution >= 4 is 17.9 Å². The second-order valence-corrected chi connectivity index (χ2v) is 17.1. The van der Waals surface area contributed by atoms with Crippen LogP contribution in [0.5, 0.6) is 0 Å². The molecule has 0 aliphatic heterocycles. The van der Waals surface area contributed by atoms with E-state index in [9.17, 15) is 14.4 Å². The average molecular weight is 865 g/mol. The predicted octanol–water partition coefficient (Wildman–Crippen LogP) is 17.0. The van der Waals surface area contributed by atoms with E-state index in [4.69, 9.17) is 14.2 Å². The highest BCUT2D eigenvalue weighted by molar-refractivity contribution is 5.71. The first kappa shape index (κ1) is 58.9. The minimum absolute atomic E-state index is 0.0826. The van der Waals surface area contributed by atoms with Crippen LogP contribution in [0, 0.1) is 0 Å². The third kappa shape index (κ3) is 47.9. The lowest BCUT2D eigenvalue weighted by molar-refractivity contribution is -0.167. The molecule has 0 rings (SSSR count). The molecule has 0 saturated heterocycles. The van der Waals surface area contributed by atoms with E-state index in [2.05, 4.69) is 93.7 Å². The van der Waals surface area contributed by atoms with E-state index in [-0.39, 0.29) is 31.1 Å². The molecule has 0 aromatic heterocycles. The summed E-state index contributed by atoms with van der Waals surface area (Å²) in [7, 11) is 0. The van der Waals surface area contributed by atoms with Crippen LogP contribution < -0.4 is 0 Å². The van der Waals surface area contributed by atoms with Crippen molar-refractivity contribution in [2.24, 2.45) is 0 Å². The highest BCUT2D eigenvalue weighted by atomic mass is 16.6. The Morgan fingerprint density at radius 1 is 0.339 bits per heavy atom. The van der Waals surface area contributed by atoms with Gasteiger partial charge >= 0.3 is 17.9 Å². The first-order valence-corrected chi connectivity index (χ1v) is 25.9. The van der Waals surface area contributed by atoms with Crippen LogP contribution in [0.25, 0.3) is 0 Å². The fraction of sp³-hybridized carbons (Fsp3) is 0.732. The first-order chi connectivity index (χ1) is 30.5. The number of hydrogen-bond acceptors (Lipinski definition) is 6. The van der Waals surface area contributed by atoms with Crippen molar-refractivity contribution in [3.8, 4) is 0 Å². The smallest absolute Gasteiger partial charge is 0.306 e. The fourth-order valence-corrected chi connectivity index (χ4v) is 7.04. The summed E-state index contributed by atoms with van der Waals surface area (Å²) in [6, 6.07) is 0. The maximum Gasteiger partial charge on any atom is 0.306 e. The number of hydrogen-bond donors (Lipinski definition) is 0. The molecule has 0 aliphatic rings. The summed E-state index contributed by atoms with van der Waals surface area (Å²) in [6.45, 7) is 6.45. The highest BCUT2D eigenvalue weighted by Crippen LogP contribution is 2.14. The van der Waals surface area contributed by atoms with E-state index in [0.717, 1.165) is 116 Å². The van der Waals surface area contributed by atoms with Gasteiger partial charge in [-0.2, -0.15) is 0 Å². The lowest BCUT2D eigenvalue weighted by atomic mass is 10.1. The van der Waals surface area contributed by atoms with Crippen molar-refractivity contribution in [2.75, 3.05) is 13.2 Å². The monoisotopic (exact) mass is 865 g/mol. The second kappa shape index (κ2) is 50.5. The molecule has 0 aromatic rings. The van der Waals surface area contributed by atoms with Crippen LogP contribution in [-0.2, 0) is 28.6 Å². The Balaban J connectivity index is 4.32. The van der Waals surface area contributed by atoms with Gasteiger partial charge in [0.05, 0.1) is 0 Å². The van der Waals surface area contributed by atoms with Crippen LogP contribution >= 0.6 is 0 Å². The van der Waals surface area contributed by atoms with Crippen molar-refractivity contribution < 1.29 is 28.6 Å². The molecule has 0 heterocycles. The largest absolute Gasteiger partial charge is 0.462 e. The quantitative estimate of drug-likeness (QED) is 0.0262. The van der Waals surface area contributed by atoms with Crippen LogP contribution in [0.1, 0.15) is 245 Å². The van der Waals surface area contributed by atoms with Crippen LogP contribution in [-0.4, -0.2) is 37.2 Å². The summed E-state index contributed by atoms with van der Waals surface area (Å²) in [5.74, 6) is -0.906. The molecule has 0 amide bonds. The van der Waals surface area contributed by atoms with E-state index in [0.29, 0.717) is 19.3 Å². The molecule has 356 valence electrons. The predicted molar refractivity (Wildman–Crippen MR) is 265 cm³/mol. The molecule has 0 N–H and O–H groups in total. The van der Waals surface area contributed by atoms with Gasteiger partial charge < -0.3 is 14.2 Å². The molecule has 0 bridgehead atoms. The molecular formula is C56H96O6. The molecular weight excluding hydrogens is 769 g/mol. The number of allylic oxidation sites excluding steroid dienone is 12. The maximum atomic E-state index is 12.8. The molecule has 0 spiro atoms. The number of unbranched alkanes of at least 4 members (excludes halogenated alkanes) is 23. The molecule has 0 aromatic carbocycles. The zero-order valence-corrected chi connectivity index (χ0v) is 40.6. The molecule has 1 atom stereocenters. The van der Waals surface area contributed by atoms with Crippen LogP contribution in [0.15, 0.2) is 72.9 Å². The fourth-order valence-electron chi connectivity index (χ4n) is 7.04. The summed E-state index contributed by atoms with van der Waals surface area (Å²) in [6.07, 6.45) is 63.2. The van der Waals surface area contributed by atoms with Gasteiger partial charge in [0, 0.05) is 19.3 Å². The van der Waals surface area contributed by atoms with Gasteiger partial charge in [-0.25, -0.2) is 0 Å². The van der Waals surface area contributed by atoms with E-state index >= 15 is 0 Å². The SMILES string of the molecule is CC/C=C\C/C=C\C/C=C\C/C=C\CCCCCCCCCCC(=O)OCC(COC(=O)CCCCCCCCCCC)OC(=O)CCCCCCC/C=C\C/C=C\CCCC. The summed E-state index contributed by atoms with van der Waals surface area (Å²) in [5.41, 5.74) is 0. The standard InChI is InChI=1S/C56H96O6/c1-4-7-10-13-16-19-21-23-25-26-27-28-29-30-31-33-34-37-40-43-46-49-55(58)61-52-53(51-60-54(57)48-45-42-39-36-18-15-12-9-6-3)62-56(59)50-47-44-41-38-35-32-24-22-20-17-14-11-8-5-2/h7,10,14,16-17,19,22-25,27-28,53H,4-6,8-9,11-13,15,18,20-21,26,29-52H2,1-3H3/b10-7-,17-14-,19-16-,24-22-,25-23-,28-27-. The Labute approximate surface area is 382 Å². The van der Waals surface area contributed by atoms with Crippen molar-refractivity contribution in [1.29, 1.82) is 0 Å². The average Bonchev–Trinajstić information content (AvgIpc) is 3.27. The zero-order chi connectivity index (χ0) is 45.1. The third-order valence-electron chi connectivity index (χ3n) is 10.9. The molecule has 62 heavy (non-hydrogen) atoms. The van der Waals surface area contributed by atoms with Crippen LogP contribution in [0.3, 0.4) is 0 Å². The van der Waals surface area contributed by atoms with E-state index in [1.807, 2.05) is 0 Å². The second-order valence-electron chi connectivity index (χ2n) is 17.1. The summed E-state index contributed by atoms with van der Waals surface area (Å²) in [5, 5.41) is 0. The first-order valence-electron chi connectivity index (χ1n) is 25.9. The number of ether oxygens (including phenoxy) is 3. The molecule has 0 aliphatic carbocycles. The van der Waals surface area contributed by atoms with Gasteiger partial charge in [0.2, 0.25) is 0 Å². The summed E-state index contributed by atoms with van der Waals surface area (Å²) >= 11 is 0. The maximum absolute atomic E-state index is 12.8. The van der Waals surface area contributed by atoms with Crippen LogP contribution in [0.4, 0.5) is 0 Å². The van der Waals surface area contributed by atoms with Crippen molar-refractivity contribution in [1.82, 2.24) is 0 Å². The molecule has 0 fully saturated rings. The lowest BCUT2D eigenvalue weighted by Crippen LogP contribution is -2.30. The minimum atomic E-state index is -0.783. The normalized spacial score (nSPS) is 12.6. The number of rotatable bonds is 46. The van der Waals surface area contributed by atoms with E-state index < -0.39 is 6.10 Å². The summed E-state index contributed by atoms with van der Waals surface area (Å²) < 4.78 is 16.8. The highest BCUT2D eigenvalue weighted by Gasteiger charge is 2.19. The Hall–Kier alpha value is -3.15. The van der Waals surface area contributed by atoms with Crippen molar-refractivity contribution in [3.05, 3.63) is 72.9 Å².